The molecule has 0 N–H and O–H groups in total. The van der Waals surface area contributed by atoms with E-state index in [0.29, 0.717) is 49.0 Å². The lowest BCUT2D eigenvalue weighted by atomic mass is 10.0. The molecule has 6 rings (SSSR count). The van der Waals surface area contributed by atoms with Crippen molar-refractivity contribution in [2.75, 3.05) is 44.1 Å². The third-order valence-corrected chi connectivity index (χ3v) is 7.36. The molecule has 10 nitrogen and oxygen atoms in total. The van der Waals surface area contributed by atoms with Crippen molar-refractivity contribution in [1.29, 1.82) is 0 Å². The molecular formula is C30H32N6O4. The first-order valence-corrected chi connectivity index (χ1v) is 13.5. The van der Waals surface area contributed by atoms with Crippen LogP contribution < -0.4 is 14.5 Å². The Kier molecular flexibility index (Phi) is 6.85. The summed E-state index contributed by atoms with van der Waals surface area (Å²) in [5, 5.41) is 4.86. The van der Waals surface area contributed by atoms with Crippen LogP contribution in [0.5, 0.6) is 5.75 Å². The predicted molar refractivity (Wildman–Crippen MR) is 151 cm³/mol. The Bertz CT molecular complexity index is 1540. The molecule has 0 radical (unpaired) electrons. The molecule has 0 atom stereocenters. The fourth-order valence-corrected chi connectivity index (χ4v) is 5.39. The zero-order valence-electron chi connectivity index (χ0n) is 23.0. The molecular weight excluding hydrogens is 508 g/mol. The van der Waals surface area contributed by atoms with E-state index in [9.17, 15) is 9.59 Å². The maximum atomic E-state index is 14.1. The number of anilines is 2. The molecule has 0 bridgehead atoms. The zero-order chi connectivity index (χ0) is 27.8. The van der Waals surface area contributed by atoms with Crippen molar-refractivity contribution in [3.05, 3.63) is 71.7 Å². The van der Waals surface area contributed by atoms with E-state index in [1.54, 1.807) is 23.0 Å². The van der Waals surface area contributed by atoms with Gasteiger partial charge < -0.3 is 23.9 Å². The van der Waals surface area contributed by atoms with E-state index in [1.807, 2.05) is 72.4 Å². The predicted octanol–water partition coefficient (Wildman–Crippen LogP) is 4.32. The number of hydrogen-bond donors (Lipinski definition) is 0. The Morgan fingerprint density at radius 2 is 1.60 bits per heavy atom. The molecule has 40 heavy (non-hydrogen) atoms. The molecule has 206 valence electrons. The lowest BCUT2D eigenvalue weighted by Crippen LogP contribution is -2.39. The molecule has 1 saturated heterocycles. The van der Waals surface area contributed by atoms with Gasteiger partial charge in [-0.1, -0.05) is 0 Å². The molecule has 2 aliphatic heterocycles. The third kappa shape index (κ3) is 4.75. The number of carbonyl (C=O) groups excluding carboxylic acids is 2. The summed E-state index contributed by atoms with van der Waals surface area (Å²) < 4.78 is 12.8. The average Bonchev–Trinajstić information content (AvgIpc) is 3.58. The second-order valence-corrected chi connectivity index (χ2v) is 10.4. The number of benzene rings is 2. The van der Waals surface area contributed by atoms with Crippen LogP contribution in [0, 0.1) is 0 Å². The van der Waals surface area contributed by atoms with Crippen molar-refractivity contribution in [2.45, 2.75) is 32.2 Å². The largest absolute Gasteiger partial charge is 0.497 e. The van der Waals surface area contributed by atoms with Crippen LogP contribution >= 0.6 is 0 Å². The molecule has 0 unspecified atom stereocenters. The molecule has 10 heteroatoms. The van der Waals surface area contributed by atoms with Crippen LogP contribution in [0.4, 0.5) is 11.4 Å². The van der Waals surface area contributed by atoms with E-state index in [-0.39, 0.29) is 11.8 Å². The molecule has 4 heterocycles. The number of amides is 2. The summed E-state index contributed by atoms with van der Waals surface area (Å²) >= 11 is 0. The van der Waals surface area contributed by atoms with Gasteiger partial charge in [0.1, 0.15) is 17.7 Å². The molecule has 0 spiro atoms. The normalized spacial score (nSPS) is 15.6. The van der Waals surface area contributed by atoms with Crippen LogP contribution in [0.3, 0.4) is 0 Å². The number of piperidine rings is 1. The minimum Gasteiger partial charge on any atom is -0.497 e. The SMILES string of the molecule is COc1ccc(-n2nc(-c3nc(CN(C)C)co3)c3c2C(=O)N(c2ccc(N4CCCCC4=O)cc2)CC3)cc1. The maximum Gasteiger partial charge on any atom is 0.277 e. The number of oxazole rings is 1. The van der Waals surface area contributed by atoms with Crippen molar-refractivity contribution in [3.8, 4) is 23.0 Å². The van der Waals surface area contributed by atoms with Gasteiger partial charge in [0.05, 0.1) is 18.5 Å². The summed E-state index contributed by atoms with van der Waals surface area (Å²) in [4.78, 5) is 36.7. The van der Waals surface area contributed by atoms with Gasteiger partial charge in [0, 0.05) is 43.0 Å². The van der Waals surface area contributed by atoms with Crippen molar-refractivity contribution in [1.82, 2.24) is 19.7 Å². The Labute approximate surface area is 232 Å². The topological polar surface area (TPSA) is 96.9 Å². The first-order chi connectivity index (χ1) is 19.4. The fraction of sp³-hybridized carbons (Fsp3) is 0.333. The number of fused-ring (bicyclic) bond motifs is 1. The minimum atomic E-state index is -0.155. The van der Waals surface area contributed by atoms with Crippen LogP contribution in [-0.4, -0.2) is 65.8 Å². The highest BCUT2D eigenvalue weighted by atomic mass is 16.5. The first kappa shape index (κ1) is 25.8. The first-order valence-electron chi connectivity index (χ1n) is 13.5. The Morgan fingerprint density at radius 1 is 0.900 bits per heavy atom. The molecule has 2 aliphatic rings. The summed E-state index contributed by atoms with van der Waals surface area (Å²) in [6.07, 6.45) is 4.74. The number of hydrogen-bond acceptors (Lipinski definition) is 7. The lowest BCUT2D eigenvalue weighted by Gasteiger charge is -2.29. The molecule has 2 aromatic heterocycles. The Morgan fingerprint density at radius 3 is 2.27 bits per heavy atom. The Hall–Kier alpha value is -4.44. The number of carbonyl (C=O) groups is 2. The van der Waals surface area contributed by atoms with E-state index in [0.717, 1.165) is 47.7 Å². The van der Waals surface area contributed by atoms with E-state index >= 15 is 0 Å². The minimum absolute atomic E-state index is 0.147. The third-order valence-electron chi connectivity index (χ3n) is 7.36. The van der Waals surface area contributed by atoms with Crippen molar-refractivity contribution in [2.24, 2.45) is 0 Å². The average molecular weight is 541 g/mol. The molecule has 4 aromatic rings. The summed E-state index contributed by atoms with van der Waals surface area (Å²) in [6, 6.07) is 15.1. The van der Waals surface area contributed by atoms with Gasteiger partial charge in [-0.3, -0.25) is 9.59 Å². The molecule has 2 amide bonds. The second kappa shape index (κ2) is 10.6. The molecule has 2 aromatic carbocycles. The number of ether oxygens (including phenoxy) is 1. The van der Waals surface area contributed by atoms with Crippen LogP contribution in [0.2, 0.25) is 0 Å². The molecule has 0 aliphatic carbocycles. The van der Waals surface area contributed by atoms with Gasteiger partial charge in [-0.05, 0) is 81.9 Å². The van der Waals surface area contributed by atoms with Crippen molar-refractivity contribution >= 4 is 23.2 Å². The highest BCUT2D eigenvalue weighted by Gasteiger charge is 2.35. The highest BCUT2D eigenvalue weighted by molar-refractivity contribution is 6.08. The van der Waals surface area contributed by atoms with Crippen molar-refractivity contribution < 1.29 is 18.7 Å². The Balaban J connectivity index is 1.37. The van der Waals surface area contributed by atoms with E-state index in [4.69, 9.17) is 14.3 Å². The smallest absolute Gasteiger partial charge is 0.277 e. The fourth-order valence-electron chi connectivity index (χ4n) is 5.39. The monoisotopic (exact) mass is 540 g/mol. The summed E-state index contributed by atoms with van der Waals surface area (Å²) in [5.74, 6) is 1.11. The van der Waals surface area contributed by atoms with Crippen LogP contribution in [0.15, 0.2) is 59.2 Å². The van der Waals surface area contributed by atoms with E-state index < -0.39 is 0 Å². The van der Waals surface area contributed by atoms with Gasteiger partial charge in [0.25, 0.3) is 5.91 Å². The summed E-state index contributed by atoms with van der Waals surface area (Å²) in [7, 11) is 5.56. The van der Waals surface area contributed by atoms with Gasteiger partial charge in [-0.15, -0.1) is 0 Å². The van der Waals surface area contributed by atoms with Gasteiger partial charge in [0.2, 0.25) is 11.8 Å². The number of rotatable bonds is 7. The van der Waals surface area contributed by atoms with Crippen LogP contribution in [-0.2, 0) is 17.8 Å². The second-order valence-electron chi connectivity index (χ2n) is 10.4. The van der Waals surface area contributed by atoms with E-state index in [2.05, 4.69) is 4.98 Å². The number of aromatic nitrogens is 3. The van der Waals surface area contributed by atoms with Gasteiger partial charge in [-0.2, -0.15) is 5.10 Å². The number of methoxy groups -OCH3 is 1. The van der Waals surface area contributed by atoms with Gasteiger partial charge in [-0.25, -0.2) is 9.67 Å². The molecule has 1 fully saturated rings. The number of nitrogens with zero attached hydrogens (tertiary/aromatic N) is 6. The van der Waals surface area contributed by atoms with Gasteiger partial charge >= 0.3 is 0 Å². The standard InChI is InChI=1S/C30H32N6O4/c1-33(2)18-20-19-40-29(31-20)27-25-15-17-35(22-9-7-21(8-10-22)34-16-5-4-6-26(34)37)30(38)28(25)36(32-27)23-11-13-24(39-3)14-12-23/h7-14,19H,4-6,15-18H2,1-3H3. The lowest BCUT2D eigenvalue weighted by molar-refractivity contribution is -0.119. The summed E-state index contributed by atoms with van der Waals surface area (Å²) in [5.41, 5.74) is 5.03. The van der Waals surface area contributed by atoms with Crippen molar-refractivity contribution in [3.63, 3.8) is 0 Å². The summed E-state index contributed by atoms with van der Waals surface area (Å²) in [6.45, 7) is 1.85. The molecule has 0 saturated carbocycles. The zero-order valence-corrected chi connectivity index (χ0v) is 23.0. The van der Waals surface area contributed by atoms with Gasteiger partial charge in [0.15, 0.2) is 5.69 Å². The van der Waals surface area contributed by atoms with E-state index in [1.165, 1.54) is 0 Å². The maximum absolute atomic E-state index is 14.1. The highest BCUT2D eigenvalue weighted by Crippen LogP contribution is 2.34. The van der Waals surface area contributed by atoms with Crippen LogP contribution in [0.25, 0.3) is 17.3 Å². The quantitative estimate of drug-likeness (QED) is 0.344. The van der Waals surface area contributed by atoms with Crippen LogP contribution in [0.1, 0.15) is 41.0 Å².